The highest BCUT2D eigenvalue weighted by molar-refractivity contribution is 7.89. The Labute approximate surface area is 145 Å². The number of rotatable bonds is 9. The van der Waals surface area contributed by atoms with Crippen molar-refractivity contribution < 1.29 is 13.2 Å². The van der Waals surface area contributed by atoms with Crippen LogP contribution in [0.25, 0.3) is 0 Å². The Morgan fingerprint density at radius 3 is 2.71 bits per heavy atom. The summed E-state index contributed by atoms with van der Waals surface area (Å²) in [5, 5.41) is 5.00. The summed E-state index contributed by atoms with van der Waals surface area (Å²) in [6.45, 7) is 0.720. The molecule has 9 heteroatoms. The molecule has 24 heavy (non-hydrogen) atoms. The van der Waals surface area contributed by atoms with Crippen molar-refractivity contribution in [2.24, 2.45) is 5.73 Å². The number of carbonyl (C=O) groups is 1. The Kier molecular flexibility index (Phi) is 6.85. The number of nitrogens with one attached hydrogen (secondary N) is 2. The van der Waals surface area contributed by atoms with Crippen LogP contribution < -0.4 is 15.8 Å². The molecule has 0 saturated heterocycles. The van der Waals surface area contributed by atoms with E-state index >= 15 is 0 Å². The zero-order chi connectivity index (χ0) is 17.4. The lowest BCUT2D eigenvalue weighted by Crippen LogP contribution is -2.34. The number of hydrogen-bond donors (Lipinski definition) is 3. The van der Waals surface area contributed by atoms with Gasteiger partial charge in [-0.15, -0.1) is 11.3 Å². The average molecular weight is 368 g/mol. The SMILES string of the molecule is NCCc1nc(C(=O)NCCS(=O)(=O)NCc2ccccc2)cs1. The van der Waals surface area contributed by atoms with Gasteiger partial charge in [0.2, 0.25) is 10.0 Å². The topological polar surface area (TPSA) is 114 Å². The van der Waals surface area contributed by atoms with Gasteiger partial charge < -0.3 is 11.1 Å². The number of nitrogens with zero attached hydrogens (tertiary/aromatic N) is 1. The minimum absolute atomic E-state index is 0.0205. The van der Waals surface area contributed by atoms with Gasteiger partial charge in [-0.2, -0.15) is 0 Å². The van der Waals surface area contributed by atoms with Crippen molar-refractivity contribution in [3.05, 3.63) is 52.0 Å². The summed E-state index contributed by atoms with van der Waals surface area (Å²) in [7, 11) is -3.46. The molecule has 1 aromatic heterocycles. The molecular weight excluding hydrogens is 348 g/mol. The van der Waals surface area contributed by atoms with Gasteiger partial charge >= 0.3 is 0 Å². The maximum Gasteiger partial charge on any atom is 0.270 e. The van der Waals surface area contributed by atoms with E-state index in [9.17, 15) is 13.2 Å². The number of carbonyl (C=O) groups excluding carboxylic acids is 1. The molecule has 0 aliphatic heterocycles. The van der Waals surface area contributed by atoms with Gasteiger partial charge in [0.25, 0.3) is 5.91 Å². The predicted molar refractivity (Wildman–Crippen MR) is 94.3 cm³/mol. The number of thiazole rings is 1. The van der Waals surface area contributed by atoms with E-state index in [1.165, 1.54) is 11.3 Å². The smallest absolute Gasteiger partial charge is 0.270 e. The van der Waals surface area contributed by atoms with Crippen molar-refractivity contribution in [1.82, 2.24) is 15.0 Å². The van der Waals surface area contributed by atoms with Crippen LogP contribution in [0.4, 0.5) is 0 Å². The van der Waals surface area contributed by atoms with Crippen molar-refractivity contribution in [3.63, 3.8) is 0 Å². The number of sulfonamides is 1. The van der Waals surface area contributed by atoms with Gasteiger partial charge in [-0.1, -0.05) is 30.3 Å². The lowest BCUT2D eigenvalue weighted by atomic mass is 10.2. The Hall–Kier alpha value is -1.81. The van der Waals surface area contributed by atoms with Crippen molar-refractivity contribution in [1.29, 1.82) is 0 Å². The van der Waals surface area contributed by atoms with Crippen LogP contribution in [0.1, 0.15) is 21.1 Å². The largest absolute Gasteiger partial charge is 0.350 e. The van der Waals surface area contributed by atoms with Gasteiger partial charge in [-0.05, 0) is 12.1 Å². The summed E-state index contributed by atoms with van der Waals surface area (Å²) in [6, 6.07) is 9.23. The molecule has 0 aliphatic carbocycles. The van der Waals surface area contributed by atoms with E-state index in [0.717, 1.165) is 10.6 Å². The molecular formula is C15H20N4O3S2. The molecule has 0 bridgehead atoms. The third-order valence-electron chi connectivity index (χ3n) is 3.14. The molecule has 130 valence electrons. The fraction of sp³-hybridized carbons (Fsp3) is 0.333. The van der Waals surface area contributed by atoms with Crippen molar-refractivity contribution >= 4 is 27.3 Å². The van der Waals surface area contributed by atoms with Crippen LogP contribution in [0.15, 0.2) is 35.7 Å². The van der Waals surface area contributed by atoms with E-state index < -0.39 is 10.0 Å². The molecule has 0 aliphatic rings. The maximum absolute atomic E-state index is 11.9. The second-order valence-corrected chi connectivity index (χ2v) is 7.92. The standard InChI is InChI=1S/C15H20N4O3S2/c16-7-6-14-19-13(11-23-14)15(20)17-8-9-24(21,22)18-10-12-4-2-1-3-5-12/h1-5,11,18H,6-10,16H2,(H,17,20). The van der Waals surface area contributed by atoms with E-state index in [1.807, 2.05) is 30.3 Å². The monoisotopic (exact) mass is 368 g/mol. The lowest BCUT2D eigenvalue weighted by Gasteiger charge is -2.07. The molecule has 1 heterocycles. The minimum Gasteiger partial charge on any atom is -0.350 e. The highest BCUT2D eigenvalue weighted by Crippen LogP contribution is 2.09. The quantitative estimate of drug-likeness (QED) is 0.596. The number of hydrogen-bond acceptors (Lipinski definition) is 6. The molecule has 0 unspecified atom stereocenters. The summed E-state index contributed by atoms with van der Waals surface area (Å²) in [4.78, 5) is 16.1. The van der Waals surface area contributed by atoms with Crippen molar-refractivity contribution in [3.8, 4) is 0 Å². The van der Waals surface area contributed by atoms with Crippen LogP contribution in [0.3, 0.4) is 0 Å². The number of amides is 1. The third-order valence-corrected chi connectivity index (χ3v) is 5.37. The van der Waals surface area contributed by atoms with Crippen LogP contribution in [0, 0.1) is 0 Å². The van der Waals surface area contributed by atoms with Gasteiger partial charge in [0.15, 0.2) is 0 Å². The Balaban J connectivity index is 1.76. The first-order chi connectivity index (χ1) is 11.5. The fourth-order valence-corrected chi connectivity index (χ4v) is 3.60. The molecule has 0 atom stereocenters. The molecule has 1 aromatic carbocycles. The summed E-state index contributed by atoms with van der Waals surface area (Å²) < 4.78 is 26.3. The molecule has 0 radical (unpaired) electrons. The van der Waals surface area contributed by atoms with Gasteiger partial charge in [0, 0.05) is 24.9 Å². The predicted octanol–water partition coefficient (Wildman–Crippen LogP) is 0.494. The molecule has 7 nitrogen and oxygen atoms in total. The van der Waals surface area contributed by atoms with E-state index in [0.29, 0.717) is 13.0 Å². The summed E-state index contributed by atoms with van der Waals surface area (Å²) >= 11 is 1.36. The van der Waals surface area contributed by atoms with Crippen LogP contribution in [0.2, 0.25) is 0 Å². The normalized spacial score (nSPS) is 11.4. The average Bonchev–Trinajstić information content (AvgIpc) is 3.03. The number of benzene rings is 1. The van der Waals surface area contributed by atoms with Gasteiger partial charge in [0.1, 0.15) is 5.69 Å². The number of aromatic nitrogens is 1. The van der Waals surface area contributed by atoms with E-state index in [-0.39, 0.29) is 30.4 Å². The first-order valence-corrected chi connectivity index (χ1v) is 9.97. The van der Waals surface area contributed by atoms with E-state index in [2.05, 4.69) is 15.0 Å². The van der Waals surface area contributed by atoms with Crippen LogP contribution in [-0.2, 0) is 23.0 Å². The van der Waals surface area contributed by atoms with E-state index in [4.69, 9.17) is 5.73 Å². The molecule has 1 amide bonds. The first kappa shape index (κ1) is 18.5. The number of nitrogens with two attached hydrogens (primary N) is 1. The highest BCUT2D eigenvalue weighted by Gasteiger charge is 2.13. The van der Waals surface area contributed by atoms with Crippen LogP contribution >= 0.6 is 11.3 Å². The van der Waals surface area contributed by atoms with Crippen LogP contribution in [0.5, 0.6) is 0 Å². The zero-order valence-corrected chi connectivity index (χ0v) is 14.7. The Morgan fingerprint density at radius 1 is 1.25 bits per heavy atom. The minimum atomic E-state index is -3.46. The second kappa shape index (κ2) is 8.88. The van der Waals surface area contributed by atoms with Gasteiger partial charge in [-0.3, -0.25) is 4.79 Å². The maximum atomic E-state index is 11.9. The zero-order valence-electron chi connectivity index (χ0n) is 13.1. The molecule has 0 spiro atoms. The summed E-state index contributed by atoms with van der Waals surface area (Å²) in [5.74, 6) is -0.571. The lowest BCUT2D eigenvalue weighted by molar-refractivity contribution is 0.0951. The fourth-order valence-electron chi connectivity index (χ4n) is 1.90. The molecule has 4 N–H and O–H groups in total. The Morgan fingerprint density at radius 2 is 2.00 bits per heavy atom. The van der Waals surface area contributed by atoms with Crippen molar-refractivity contribution in [2.75, 3.05) is 18.8 Å². The Bertz CT molecular complexity index is 760. The first-order valence-electron chi connectivity index (χ1n) is 7.44. The molecule has 2 aromatic rings. The van der Waals surface area contributed by atoms with Crippen molar-refractivity contribution in [2.45, 2.75) is 13.0 Å². The van der Waals surface area contributed by atoms with Gasteiger partial charge in [-0.25, -0.2) is 18.1 Å². The molecule has 0 fully saturated rings. The van der Waals surface area contributed by atoms with Crippen LogP contribution in [-0.4, -0.2) is 38.2 Å². The van der Waals surface area contributed by atoms with Gasteiger partial charge in [0.05, 0.1) is 10.8 Å². The molecule has 2 rings (SSSR count). The summed E-state index contributed by atoms with van der Waals surface area (Å²) in [5.41, 5.74) is 6.60. The molecule has 0 saturated carbocycles. The second-order valence-electron chi connectivity index (χ2n) is 5.05. The van der Waals surface area contributed by atoms with E-state index in [1.54, 1.807) is 5.38 Å². The summed E-state index contributed by atoms with van der Waals surface area (Å²) in [6.07, 6.45) is 0.621. The third kappa shape index (κ3) is 6.00. The highest BCUT2D eigenvalue weighted by atomic mass is 32.2.